The van der Waals surface area contributed by atoms with Crippen LogP contribution < -0.4 is 15.0 Å². The van der Waals surface area contributed by atoms with Crippen LogP contribution in [0, 0.1) is 12.8 Å². The van der Waals surface area contributed by atoms with Gasteiger partial charge < -0.3 is 15.0 Å². The van der Waals surface area contributed by atoms with E-state index in [2.05, 4.69) is 10.3 Å². The third-order valence-electron chi connectivity index (χ3n) is 3.96. The Hall–Kier alpha value is -2.41. The predicted octanol–water partition coefficient (Wildman–Crippen LogP) is 3.46. The molecule has 2 heterocycles. The second-order valence-electron chi connectivity index (χ2n) is 6.49. The highest BCUT2D eigenvalue weighted by atomic mass is 32.1. The summed E-state index contributed by atoms with van der Waals surface area (Å²) in [6.45, 7) is 6.04. The fourth-order valence-electron chi connectivity index (χ4n) is 2.68. The van der Waals surface area contributed by atoms with Gasteiger partial charge in [-0.25, -0.2) is 4.98 Å². The van der Waals surface area contributed by atoms with Gasteiger partial charge in [0.05, 0.1) is 11.4 Å². The zero-order valence-electron chi connectivity index (χ0n) is 14.8. The lowest BCUT2D eigenvalue weighted by atomic mass is 10.1. The molecule has 132 valence electrons. The Balaban J connectivity index is 1.88. The maximum atomic E-state index is 11.9. The van der Waals surface area contributed by atoms with Crippen LogP contribution in [0.25, 0.3) is 11.3 Å². The van der Waals surface area contributed by atoms with Crippen molar-refractivity contribution in [1.29, 1.82) is 0 Å². The largest absolute Gasteiger partial charge is 0.482 e. The molecule has 0 atom stereocenters. The van der Waals surface area contributed by atoms with E-state index in [9.17, 15) is 9.59 Å². The number of aryl methyl sites for hydroxylation is 1. The van der Waals surface area contributed by atoms with Crippen LogP contribution in [0.1, 0.15) is 25.1 Å². The number of anilines is 2. The Morgan fingerprint density at radius 1 is 1.44 bits per heavy atom. The Bertz CT molecular complexity index is 829. The number of amides is 2. The van der Waals surface area contributed by atoms with Crippen LogP contribution in [0.3, 0.4) is 0 Å². The monoisotopic (exact) mass is 359 g/mol. The molecule has 0 bridgehead atoms. The molecule has 0 unspecified atom stereocenters. The molecule has 25 heavy (non-hydrogen) atoms. The first-order chi connectivity index (χ1) is 11.8. The van der Waals surface area contributed by atoms with E-state index in [4.69, 9.17) is 4.74 Å². The molecule has 3 rings (SSSR count). The quantitative estimate of drug-likeness (QED) is 0.907. The van der Waals surface area contributed by atoms with Crippen molar-refractivity contribution in [2.75, 3.05) is 23.9 Å². The number of benzene rings is 1. The average Bonchev–Trinajstić information content (AvgIpc) is 2.90. The number of fused-ring (bicyclic) bond motifs is 1. The number of carbonyl (C=O) groups is 2. The number of aromatic nitrogens is 1. The van der Waals surface area contributed by atoms with Gasteiger partial charge in [-0.2, -0.15) is 0 Å². The van der Waals surface area contributed by atoms with Crippen molar-refractivity contribution in [3.63, 3.8) is 0 Å². The van der Waals surface area contributed by atoms with Crippen molar-refractivity contribution >= 4 is 34.0 Å². The number of rotatable bonds is 4. The standard InChI is InChI=1S/C18H21N3O3S/c1-10(2)7-15(22)19-18-20-17(11(3)25-18)12-5-6-14-13(8-12)21(4)16(23)9-24-14/h5-6,8,10H,7,9H2,1-4H3,(H,19,20,22). The van der Waals surface area contributed by atoms with Crippen molar-refractivity contribution < 1.29 is 14.3 Å². The van der Waals surface area contributed by atoms with Gasteiger partial charge in [0.25, 0.3) is 5.91 Å². The minimum absolute atomic E-state index is 0.0283. The molecule has 0 saturated carbocycles. The van der Waals surface area contributed by atoms with Crippen LogP contribution in [0.15, 0.2) is 18.2 Å². The molecular weight excluding hydrogens is 338 g/mol. The van der Waals surface area contributed by atoms with Crippen LogP contribution in [0.5, 0.6) is 5.75 Å². The first kappa shape index (κ1) is 17.4. The van der Waals surface area contributed by atoms with Crippen molar-refractivity contribution in [3.05, 3.63) is 23.1 Å². The molecule has 1 N–H and O–H groups in total. The maximum Gasteiger partial charge on any atom is 0.264 e. The Morgan fingerprint density at radius 3 is 2.92 bits per heavy atom. The SMILES string of the molecule is Cc1sc(NC(=O)CC(C)C)nc1-c1ccc2c(c1)N(C)C(=O)CO2. The minimum Gasteiger partial charge on any atom is -0.482 e. The second-order valence-corrected chi connectivity index (χ2v) is 7.70. The topological polar surface area (TPSA) is 71.5 Å². The van der Waals surface area contributed by atoms with Crippen molar-refractivity contribution in [2.45, 2.75) is 27.2 Å². The van der Waals surface area contributed by atoms with Crippen LogP contribution in [0.2, 0.25) is 0 Å². The zero-order chi connectivity index (χ0) is 18.1. The summed E-state index contributed by atoms with van der Waals surface area (Å²) in [6, 6.07) is 5.67. The number of ether oxygens (including phenoxy) is 1. The minimum atomic E-state index is -0.0821. The smallest absolute Gasteiger partial charge is 0.264 e. The van der Waals surface area contributed by atoms with E-state index in [1.165, 1.54) is 11.3 Å². The van der Waals surface area contributed by atoms with Crippen molar-refractivity contribution in [1.82, 2.24) is 4.98 Å². The summed E-state index contributed by atoms with van der Waals surface area (Å²) < 4.78 is 5.46. The van der Waals surface area contributed by atoms with E-state index in [1.54, 1.807) is 11.9 Å². The summed E-state index contributed by atoms with van der Waals surface area (Å²) in [7, 11) is 1.74. The zero-order valence-corrected chi connectivity index (χ0v) is 15.6. The lowest BCUT2D eigenvalue weighted by Crippen LogP contribution is -2.35. The number of hydrogen-bond acceptors (Lipinski definition) is 5. The summed E-state index contributed by atoms with van der Waals surface area (Å²) >= 11 is 1.45. The summed E-state index contributed by atoms with van der Waals surface area (Å²) in [5.41, 5.74) is 2.42. The molecule has 0 saturated heterocycles. The highest BCUT2D eigenvalue weighted by molar-refractivity contribution is 7.16. The molecular formula is C18H21N3O3S. The fraction of sp³-hybridized carbons (Fsp3) is 0.389. The van der Waals surface area contributed by atoms with E-state index in [0.717, 1.165) is 21.8 Å². The first-order valence-corrected chi connectivity index (χ1v) is 8.98. The highest BCUT2D eigenvalue weighted by Gasteiger charge is 2.23. The number of thiazole rings is 1. The van der Waals surface area contributed by atoms with Gasteiger partial charge in [0.15, 0.2) is 11.7 Å². The maximum absolute atomic E-state index is 11.9. The second kappa shape index (κ2) is 6.84. The normalized spacial score (nSPS) is 13.6. The lowest BCUT2D eigenvalue weighted by molar-refractivity contribution is -0.121. The van der Waals surface area contributed by atoms with Crippen molar-refractivity contribution in [2.24, 2.45) is 5.92 Å². The van der Waals surface area contributed by atoms with Gasteiger partial charge in [0.1, 0.15) is 5.75 Å². The van der Waals surface area contributed by atoms with Crippen molar-refractivity contribution in [3.8, 4) is 17.0 Å². The fourth-order valence-corrected chi connectivity index (χ4v) is 3.53. The van der Waals surface area contributed by atoms with Gasteiger partial charge in [-0.15, -0.1) is 11.3 Å². The molecule has 7 heteroatoms. The van der Waals surface area contributed by atoms with Gasteiger partial charge in [-0.3, -0.25) is 9.59 Å². The van der Waals surface area contributed by atoms with Crippen LogP contribution in [-0.4, -0.2) is 30.5 Å². The van der Waals surface area contributed by atoms with Gasteiger partial charge in [0.2, 0.25) is 5.91 Å². The van der Waals surface area contributed by atoms with E-state index < -0.39 is 0 Å². The molecule has 6 nitrogen and oxygen atoms in total. The molecule has 0 radical (unpaired) electrons. The molecule has 1 aromatic carbocycles. The molecule has 1 aliphatic heterocycles. The lowest BCUT2D eigenvalue weighted by Gasteiger charge is -2.26. The summed E-state index contributed by atoms with van der Waals surface area (Å²) in [4.78, 5) is 30.9. The van der Waals surface area contributed by atoms with Gasteiger partial charge in [0, 0.05) is 23.9 Å². The molecule has 0 fully saturated rings. The number of likely N-dealkylation sites (N-methyl/N-ethyl adjacent to an activating group) is 1. The van der Waals surface area contributed by atoms with Crippen LogP contribution in [0.4, 0.5) is 10.8 Å². The summed E-state index contributed by atoms with van der Waals surface area (Å²) in [5.74, 6) is 0.874. The third-order valence-corrected chi connectivity index (χ3v) is 4.84. The molecule has 2 aromatic rings. The number of hydrogen-bond donors (Lipinski definition) is 1. The molecule has 2 amide bonds. The van der Waals surface area contributed by atoms with E-state index in [0.29, 0.717) is 23.2 Å². The molecule has 0 aliphatic carbocycles. The number of carbonyl (C=O) groups excluding carboxylic acids is 2. The van der Waals surface area contributed by atoms with E-state index in [-0.39, 0.29) is 18.4 Å². The molecule has 1 aliphatic rings. The Kier molecular flexibility index (Phi) is 4.76. The summed E-state index contributed by atoms with van der Waals surface area (Å²) in [5, 5.41) is 3.46. The molecule has 1 aromatic heterocycles. The van der Waals surface area contributed by atoms with Gasteiger partial charge in [-0.1, -0.05) is 13.8 Å². The number of nitrogens with one attached hydrogen (secondary N) is 1. The predicted molar refractivity (Wildman–Crippen MR) is 99.3 cm³/mol. The van der Waals surface area contributed by atoms with E-state index in [1.807, 2.05) is 39.0 Å². The third kappa shape index (κ3) is 3.66. The van der Waals surface area contributed by atoms with E-state index >= 15 is 0 Å². The average molecular weight is 359 g/mol. The molecule has 0 spiro atoms. The van der Waals surface area contributed by atoms with Crippen LogP contribution in [-0.2, 0) is 9.59 Å². The first-order valence-electron chi connectivity index (χ1n) is 8.16. The van der Waals surface area contributed by atoms with Crippen LogP contribution >= 0.6 is 11.3 Å². The Labute approximate surface area is 150 Å². The summed E-state index contributed by atoms with van der Waals surface area (Å²) in [6.07, 6.45) is 0.469. The Morgan fingerprint density at radius 2 is 2.20 bits per heavy atom. The van der Waals surface area contributed by atoms with Gasteiger partial charge in [-0.05, 0) is 31.0 Å². The van der Waals surface area contributed by atoms with Gasteiger partial charge >= 0.3 is 0 Å². The highest BCUT2D eigenvalue weighted by Crippen LogP contribution is 2.37. The number of nitrogens with zero attached hydrogens (tertiary/aromatic N) is 2.